The van der Waals surface area contributed by atoms with E-state index >= 15 is 0 Å². The maximum absolute atomic E-state index is 12.5. The zero-order chi connectivity index (χ0) is 17.3. The maximum atomic E-state index is 12.5. The number of ether oxygens (including phenoxy) is 1. The molecule has 124 valence electrons. The SMILES string of the molecule is COC(=O)c1c(C)[nH]c(C(=O)CSc2nnc3ccccn23)c1C. The molecule has 0 bridgehead atoms. The number of fused-ring (bicyclic) bond motifs is 1. The van der Waals surface area contributed by atoms with Gasteiger partial charge in [0.15, 0.2) is 16.6 Å². The quantitative estimate of drug-likeness (QED) is 0.434. The fourth-order valence-corrected chi connectivity index (χ4v) is 3.35. The number of aryl methyl sites for hydroxylation is 1. The van der Waals surface area contributed by atoms with Crippen LogP contribution in [0.15, 0.2) is 29.6 Å². The van der Waals surface area contributed by atoms with Gasteiger partial charge in [0.2, 0.25) is 0 Å². The number of pyridine rings is 1. The molecule has 0 saturated heterocycles. The highest BCUT2D eigenvalue weighted by molar-refractivity contribution is 7.99. The number of ketones is 1. The first-order valence-corrected chi connectivity index (χ1v) is 8.24. The Morgan fingerprint density at radius 2 is 2.08 bits per heavy atom. The van der Waals surface area contributed by atoms with Gasteiger partial charge in [0.05, 0.1) is 24.1 Å². The number of H-pyrrole nitrogens is 1. The predicted octanol–water partition coefficient (Wildman–Crippen LogP) is 2.44. The third-order valence-electron chi connectivity index (χ3n) is 3.72. The predicted molar refractivity (Wildman–Crippen MR) is 89.6 cm³/mol. The summed E-state index contributed by atoms with van der Waals surface area (Å²) in [7, 11) is 1.32. The highest BCUT2D eigenvalue weighted by Crippen LogP contribution is 2.22. The molecule has 24 heavy (non-hydrogen) atoms. The second-order valence-electron chi connectivity index (χ2n) is 5.24. The number of carbonyl (C=O) groups is 2. The van der Waals surface area contributed by atoms with E-state index in [1.807, 2.05) is 28.8 Å². The van der Waals surface area contributed by atoms with Gasteiger partial charge < -0.3 is 9.72 Å². The van der Waals surface area contributed by atoms with Crippen molar-refractivity contribution in [1.82, 2.24) is 19.6 Å². The van der Waals surface area contributed by atoms with Crippen molar-refractivity contribution in [3.8, 4) is 0 Å². The lowest BCUT2D eigenvalue weighted by Gasteiger charge is -2.01. The summed E-state index contributed by atoms with van der Waals surface area (Å²) in [5, 5.41) is 8.78. The lowest BCUT2D eigenvalue weighted by atomic mass is 10.1. The van der Waals surface area contributed by atoms with E-state index in [9.17, 15) is 9.59 Å². The molecule has 0 aliphatic rings. The molecule has 0 unspecified atom stereocenters. The Labute approximate surface area is 142 Å². The number of rotatable bonds is 5. The summed E-state index contributed by atoms with van der Waals surface area (Å²) in [6, 6.07) is 5.60. The van der Waals surface area contributed by atoms with Crippen LogP contribution in [0.2, 0.25) is 0 Å². The van der Waals surface area contributed by atoms with Crippen molar-refractivity contribution in [2.75, 3.05) is 12.9 Å². The summed E-state index contributed by atoms with van der Waals surface area (Å²) in [5.41, 5.74) is 2.80. The molecule has 8 heteroatoms. The molecule has 3 heterocycles. The third kappa shape index (κ3) is 2.80. The number of Topliss-reactive ketones (excluding diaryl/α,β-unsaturated/α-hetero) is 1. The summed E-state index contributed by atoms with van der Waals surface area (Å²) in [4.78, 5) is 27.3. The lowest BCUT2D eigenvalue weighted by Crippen LogP contribution is -2.07. The molecule has 0 aliphatic heterocycles. The van der Waals surface area contributed by atoms with Crippen molar-refractivity contribution >= 4 is 29.2 Å². The van der Waals surface area contributed by atoms with Crippen molar-refractivity contribution in [2.45, 2.75) is 19.0 Å². The van der Waals surface area contributed by atoms with Crippen LogP contribution >= 0.6 is 11.8 Å². The minimum Gasteiger partial charge on any atom is -0.465 e. The standard InChI is InChI=1S/C16H16N4O3S/c1-9-13(15(22)23-3)10(2)17-14(9)11(21)8-24-16-19-18-12-6-4-5-7-20(12)16/h4-7,17H,8H2,1-3H3. The van der Waals surface area contributed by atoms with Crippen LogP contribution in [-0.4, -0.2) is 44.2 Å². The first-order valence-electron chi connectivity index (χ1n) is 7.26. The van der Waals surface area contributed by atoms with E-state index in [2.05, 4.69) is 15.2 Å². The average Bonchev–Trinajstić information content (AvgIpc) is 3.13. The van der Waals surface area contributed by atoms with E-state index in [0.717, 1.165) is 5.65 Å². The zero-order valence-electron chi connectivity index (χ0n) is 13.5. The number of esters is 1. The van der Waals surface area contributed by atoms with Gasteiger partial charge in [-0.2, -0.15) is 0 Å². The minimum atomic E-state index is -0.448. The van der Waals surface area contributed by atoms with Crippen molar-refractivity contribution in [3.63, 3.8) is 0 Å². The lowest BCUT2D eigenvalue weighted by molar-refractivity contribution is 0.0599. The molecule has 0 aliphatic carbocycles. The maximum Gasteiger partial charge on any atom is 0.339 e. The molecule has 3 aromatic heterocycles. The van der Waals surface area contributed by atoms with Crippen LogP contribution in [0.3, 0.4) is 0 Å². The fraction of sp³-hybridized carbons (Fsp3) is 0.250. The van der Waals surface area contributed by atoms with Crippen LogP contribution in [0, 0.1) is 13.8 Å². The normalized spacial score (nSPS) is 11.0. The van der Waals surface area contributed by atoms with E-state index in [1.54, 1.807) is 13.8 Å². The topological polar surface area (TPSA) is 89.4 Å². The molecule has 0 spiro atoms. The second-order valence-corrected chi connectivity index (χ2v) is 6.18. The zero-order valence-corrected chi connectivity index (χ0v) is 14.3. The van der Waals surface area contributed by atoms with E-state index in [4.69, 9.17) is 4.74 Å². The van der Waals surface area contributed by atoms with Gasteiger partial charge in [-0.15, -0.1) is 10.2 Å². The molecule has 3 rings (SSSR count). The molecule has 0 atom stereocenters. The molecule has 3 aromatic rings. The van der Waals surface area contributed by atoms with Gasteiger partial charge in [0.1, 0.15) is 0 Å². The minimum absolute atomic E-state index is 0.108. The summed E-state index contributed by atoms with van der Waals surface area (Å²) < 4.78 is 6.59. The molecule has 0 radical (unpaired) electrons. The summed E-state index contributed by atoms with van der Waals surface area (Å²) >= 11 is 1.30. The van der Waals surface area contributed by atoms with Gasteiger partial charge in [0, 0.05) is 11.9 Å². The Bertz CT molecular complexity index is 929. The van der Waals surface area contributed by atoms with Crippen LogP contribution < -0.4 is 0 Å². The summed E-state index contributed by atoms with van der Waals surface area (Å²) in [6.07, 6.45) is 1.85. The fourth-order valence-electron chi connectivity index (χ4n) is 2.56. The number of hydrogen-bond acceptors (Lipinski definition) is 6. The third-order valence-corrected chi connectivity index (χ3v) is 4.66. The van der Waals surface area contributed by atoms with E-state index < -0.39 is 5.97 Å². The Kier molecular flexibility index (Phi) is 4.39. The van der Waals surface area contributed by atoms with Crippen molar-refractivity contribution in [3.05, 3.63) is 46.9 Å². The summed E-state index contributed by atoms with van der Waals surface area (Å²) in [5.74, 6) is -0.364. The molecule has 0 fully saturated rings. The van der Waals surface area contributed by atoms with E-state index in [1.165, 1.54) is 18.9 Å². The van der Waals surface area contributed by atoms with Gasteiger partial charge in [-0.25, -0.2) is 4.79 Å². The molecule has 0 aromatic carbocycles. The largest absolute Gasteiger partial charge is 0.465 e. The smallest absolute Gasteiger partial charge is 0.339 e. The first-order chi connectivity index (χ1) is 11.5. The molecular formula is C16H16N4O3S. The highest BCUT2D eigenvalue weighted by Gasteiger charge is 2.22. The molecule has 0 saturated carbocycles. The second kappa shape index (κ2) is 6.48. The number of hydrogen-bond donors (Lipinski definition) is 1. The van der Waals surface area contributed by atoms with Crippen LogP contribution in [0.25, 0.3) is 5.65 Å². The number of nitrogens with zero attached hydrogens (tertiary/aromatic N) is 3. The van der Waals surface area contributed by atoms with Gasteiger partial charge in [-0.1, -0.05) is 17.8 Å². The first kappa shape index (κ1) is 16.3. The monoisotopic (exact) mass is 344 g/mol. The Hall–Kier alpha value is -2.61. The Morgan fingerprint density at radius 1 is 1.29 bits per heavy atom. The van der Waals surface area contributed by atoms with Gasteiger partial charge in [0.25, 0.3) is 0 Å². The van der Waals surface area contributed by atoms with Gasteiger partial charge in [-0.05, 0) is 31.5 Å². The van der Waals surface area contributed by atoms with Crippen LogP contribution in [-0.2, 0) is 4.74 Å². The van der Waals surface area contributed by atoms with E-state index in [-0.39, 0.29) is 11.5 Å². The highest BCUT2D eigenvalue weighted by atomic mass is 32.2. The van der Waals surface area contributed by atoms with Crippen LogP contribution in [0.4, 0.5) is 0 Å². The molecule has 7 nitrogen and oxygen atoms in total. The Balaban J connectivity index is 1.80. The van der Waals surface area contributed by atoms with Crippen molar-refractivity contribution in [2.24, 2.45) is 0 Å². The van der Waals surface area contributed by atoms with Gasteiger partial charge in [-0.3, -0.25) is 9.20 Å². The van der Waals surface area contributed by atoms with E-state index in [0.29, 0.717) is 27.7 Å². The van der Waals surface area contributed by atoms with Crippen LogP contribution in [0.1, 0.15) is 32.1 Å². The number of methoxy groups -OCH3 is 1. The number of carbonyl (C=O) groups excluding carboxylic acids is 2. The van der Waals surface area contributed by atoms with Crippen molar-refractivity contribution in [1.29, 1.82) is 0 Å². The van der Waals surface area contributed by atoms with Crippen LogP contribution in [0.5, 0.6) is 0 Å². The summed E-state index contributed by atoms with van der Waals surface area (Å²) in [6.45, 7) is 3.48. The average molecular weight is 344 g/mol. The Morgan fingerprint density at radius 3 is 2.83 bits per heavy atom. The number of nitrogens with one attached hydrogen (secondary N) is 1. The number of thioether (sulfide) groups is 1. The molecule has 1 N–H and O–H groups in total. The number of aromatic nitrogens is 4. The number of aromatic amines is 1. The van der Waals surface area contributed by atoms with Gasteiger partial charge >= 0.3 is 5.97 Å². The van der Waals surface area contributed by atoms with Crippen molar-refractivity contribution < 1.29 is 14.3 Å². The molecule has 0 amide bonds. The molecular weight excluding hydrogens is 328 g/mol.